The lowest BCUT2D eigenvalue weighted by atomic mass is 10.3. The molecule has 1 aromatic heterocycles. The molecule has 1 rings (SSSR count). The summed E-state index contributed by atoms with van der Waals surface area (Å²) < 4.78 is 1.16. The zero-order chi connectivity index (χ0) is 14.3. The standard InChI is InChI=1S/C11H11Cl2N5O/c12-9-7-16-18(11(19)10(9)13)8-17(5-1-3-14)6-2-4-15/h7H,1-2,5-6,8H2. The van der Waals surface area contributed by atoms with E-state index < -0.39 is 5.56 Å². The van der Waals surface area contributed by atoms with Crippen LogP contribution in [0.5, 0.6) is 0 Å². The summed E-state index contributed by atoms with van der Waals surface area (Å²) >= 11 is 11.4. The van der Waals surface area contributed by atoms with E-state index in [-0.39, 0.29) is 16.7 Å². The highest BCUT2D eigenvalue weighted by Gasteiger charge is 2.11. The third kappa shape index (κ3) is 4.53. The Hall–Kier alpha value is -1.60. The summed E-state index contributed by atoms with van der Waals surface area (Å²) in [6, 6.07) is 4.03. The monoisotopic (exact) mass is 299 g/mol. The lowest BCUT2D eigenvalue weighted by molar-refractivity contribution is 0.211. The van der Waals surface area contributed by atoms with E-state index in [0.717, 1.165) is 4.68 Å². The molecule has 0 atom stereocenters. The smallest absolute Gasteiger partial charge is 0.282 e. The van der Waals surface area contributed by atoms with Gasteiger partial charge in [0.2, 0.25) is 0 Å². The maximum atomic E-state index is 11.8. The summed E-state index contributed by atoms with van der Waals surface area (Å²) in [5.74, 6) is 0. The highest BCUT2D eigenvalue weighted by atomic mass is 35.5. The molecular formula is C11H11Cl2N5O. The van der Waals surface area contributed by atoms with Crippen molar-refractivity contribution in [3.05, 3.63) is 26.6 Å². The number of hydrogen-bond acceptors (Lipinski definition) is 5. The van der Waals surface area contributed by atoms with Crippen LogP contribution in [0.1, 0.15) is 12.8 Å². The van der Waals surface area contributed by atoms with Crippen LogP contribution in [0.15, 0.2) is 11.0 Å². The molecular weight excluding hydrogens is 289 g/mol. The van der Waals surface area contributed by atoms with Crippen LogP contribution in [0.2, 0.25) is 10.0 Å². The molecule has 0 bridgehead atoms. The molecule has 0 radical (unpaired) electrons. The molecule has 0 aliphatic carbocycles. The van der Waals surface area contributed by atoms with Crippen molar-refractivity contribution in [2.75, 3.05) is 13.1 Å². The molecule has 0 aliphatic rings. The van der Waals surface area contributed by atoms with E-state index in [2.05, 4.69) is 5.10 Å². The second kappa shape index (κ2) is 7.75. The molecule has 0 aromatic carbocycles. The van der Waals surface area contributed by atoms with Gasteiger partial charge >= 0.3 is 0 Å². The number of nitriles is 2. The van der Waals surface area contributed by atoms with Crippen LogP contribution in [0.25, 0.3) is 0 Å². The van der Waals surface area contributed by atoms with Crippen LogP contribution >= 0.6 is 23.2 Å². The zero-order valence-electron chi connectivity index (χ0n) is 10.0. The predicted octanol–water partition coefficient (Wildman–Crippen LogP) is 1.64. The molecule has 0 N–H and O–H groups in total. The van der Waals surface area contributed by atoms with E-state index in [1.54, 1.807) is 4.90 Å². The minimum atomic E-state index is -0.493. The lowest BCUT2D eigenvalue weighted by Gasteiger charge is -2.20. The minimum absolute atomic E-state index is 0.0859. The molecule has 0 saturated heterocycles. The van der Waals surface area contributed by atoms with Gasteiger partial charge in [-0.15, -0.1) is 0 Å². The average Bonchev–Trinajstić information content (AvgIpc) is 2.42. The SMILES string of the molecule is N#CCCN(CCC#N)Cn1ncc(Cl)c(Cl)c1=O. The molecule has 1 heterocycles. The number of rotatable bonds is 6. The van der Waals surface area contributed by atoms with Gasteiger partial charge in [-0.3, -0.25) is 9.69 Å². The molecule has 19 heavy (non-hydrogen) atoms. The topological polar surface area (TPSA) is 85.7 Å². The number of nitrogens with zero attached hydrogens (tertiary/aromatic N) is 5. The first-order valence-electron chi connectivity index (χ1n) is 5.47. The molecule has 0 saturated carbocycles. The Morgan fingerprint density at radius 1 is 1.26 bits per heavy atom. The van der Waals surface area contributed by atoms with Crippen LogP contribution in [-0.4, -0.2) is 27.8 Å². The third-order valence-electron chi connectivity index (χ3n) is 2.36. The molecule has 1 aromatic rings. The van der Waals surface area contributed by atoms with Gasteiger partial charge in [0, 0.05) is 25.9 Å². The van der Waals surface area contributed by atoms with Crippen molar-refractivity contribution in [1.82, 2.24) is 14.7 Å². The van der Waals surface area contributed by atoms with E-state index in [9.17, 15) is 4.79 Å². The van der Waals surface area contributed by atoms with Gasteiger partial charge in [-0.05, 0) is 0 Å². The quantitative estimate of drug-likeness (QED) is 0.797. The molecule has 0 fully saturated rings. The fourth-order valence-electron chi connectivity index (χ4n) is 1.40. The van der Waals surface area contributed by atoms with Gasteiger partial charge in [-0.1, -0.05) is 23.2 Å². The van der Waals surface area contributed by atoms with Gasteiger partial charge in [-0.2, -0.15) is 15.6 Å². The van der Waals surface area contributed by atoms with Crippen molar-refractivity contribution in [3.8, 4) is 12.1 Å². The minimum Gasteiger partial charge on any atom is -0.282 e. The molecule has 0 amide bonds. The largest absolute Gasteiger partial charge is 0.288 e. The van der Waals surface area contributed by atoms with Gasteiger partial charge in [0.15, 0.2) is 0 Å². The van der Waals surface area contributed by atoms with E-state index in [1.165, 1.54) is 6.20 Å². The second-order valence-corrected chi connectivity index (χ2v) is 4.47. The first-order chi connectivity index (χ1) is 9.10. The summed E-state index contributed by atoms with van der Waals surface area (Å²) in [6.45, 7) is 1.07. The van der Waals surface area contributed by atoms with Crippen molar-refractivity contribution in [1.29, 1.82) is 10.5 Å². The Bertz CT molecular complexity index is 554. The van der Waals surface area contributed by atoms with Gasteiger partial charge in [0.25, 0.3) is 5.56 Å². The summed E-state index contributed by atoms with van der Waals surface area (Å²) in [5, 5.41) is 21.0. The van der Waals surface area contributed by atoms with Crippen molar-refractivity contribution in [3.63, 3.8) is 0 Å². The summed E-state index contributed by atoms with van der Waals surface area (Å²) in [6.07, 6.45) is 1.90. The fraction of sp³-hybridized carbons (Fsp3) is 0.455. The molecule has 6 nitrogen and oxygen atoms in total. The Morgan fingerprint density at radius 3 is 2.37 bits per heavy atom. The number of hydrogen-bond donors (Lipinski definition) is 0. The third-order valence-corrected chi connectivity index (χ3v) is 3.10. The van der Waals surface area contributed by atoms with Crippen molar-refractivity contribution >= 4 is 23.2 Å². The average molecular weight is 300 g/mol. The highest BCUT2D eigenvalue weighted by molar-refractivity contribution is 6.41. The predicted molar refractivity (Wildman–Crippen MR) is 70.6 cm³/mol. The van der Waals surface area contributed by atoms with Gasteiger partial charge < -0.3 is 0 Å². The van der Waals surface area contributed by atoms with Gasteiger partial charge in [0.1, 0.15) is 5.02 Å². The zero-order valence-corrected chi connectivity index (χ0v) is 11.5. The molecule has 0 unspecified atom stereocenters. The van der Waals surface area contributed by atoms with E-state index in [0.29, 0.717) is 25.9 Å². The Morgan fingerprint density at radius 2 is 1.84 bits per heavy atom. The van der Waals surface area contributed by atoms with Crippen LogP contribution in [0.3, 0.4) is 0 Å². The maximum Gasteiger partial charge on any atom is 0.288 e. The summed E-state index contributed by atoms with van der Waals surface area (Å²) in [7, 11) is 0. The summed E-state index contributed by atoms with van der Waals surface area (Å²) in [4.78, 5) is 13.6. The van der Waals surface area contributed by atoms with Crippen LogP contribution < -0.4 is 5.56 Å². The Kier molecular flexibility index (Phi) is 6.31. The molecule has 0 aliphatic heterocycles. The van der Waals surface area contributed by atoms with E-state index in [4.69, 9.17) is 33.7 Å². The highest BCUT2D eigenvalue weighted by Crippen LogP contribution is 2.14. The molecule has 8 heteroatoms. The van der Waals surface area contributed by atoms with Crippen LogP contribution in [0, 0.1) is 22.7 Å². The van der Waals surface area contributed by atoms with Crippen molar-refractivity contribution < 1.29 is 0 Å². The fourth-order valence-corrected chi connectivity index (χ4v) is 1.68. The molecule has 100 valence electrons. The van der Waals surface area contributed by atoms with Crippen LogP contribution in [-0.2, 0) is 6.67 Å². The number of halogens is 2. The normalized spacial score (nSPS) is 10.2. The lowest BCUT2D eigenvalue weighted by Crippen LogP contribution is -2.35. The first-order valence-corrected chi connectivity index (χ1v) is 6.23. The molecule has 0 spiro atoms. The van der Waals surface area contributed by atoms with Crippen molar-refractivity contribution in [2.24, 2.45) is 0 Å². The Labute approximate surface area is 120 Å². The van der Waals surface area contributed by atoms with Gasteiger partial charge in [0.05, 0.1) is 30.0 Å². The van der Waals surface area contributed by atoms with E-state index in [1.807, 2.05) is 12.1 Å². The van der Waals surface area contributed by atoms with E-state index >= 15 is 0 Å². The first kappa shape index (κ1) is 15.5. The second-order valence-electron chi connectivity index (χ2n) is 3.69. The maximum absolute atomic E-state index is 11.8. The van der Waals surface area contributed by atoms with Crippen LogP contribution in [0.4, 0.5) is 0 Å². The Balaban J connectivity index is 2.84. The summed E-state index contributed by atoms with van der Waals surface area (Å²) in [5.41, 5.74) is -0.493. The van der Waals surface area contributed by atoms with Gasteiger partial charge in [-0.25, -0.2) is 4.68 Å². The van der Waals surface area contributed by atoms with Crippen molar-refractivity contribution in [2.45, 2.75) is 19.5 Å². The number of aromatic nitrogens is 2.